The first-order valence-electron chi connectivity index (χ1n) is 6.57. The molecule has 0 aliphatic carbocycles. The van der Waals surface area contributed by atoms with E-state index in [9.17, 15) is 0 Å². The number of piperidine rings is 1. The lowest BCUT2D eigenvalue weighted by atomic mass is 10.0. The third kappa shape index (κ3) is 4.40. The number of aliphatic hydroxyl groups is 1. The fourth-order valence-electron chi connectivity index (χ4n) is 2.68. The predicted molar refractivity (Wildman–Crippen MR) is 68.4 cm³/mol. The molecule has 0 saturated carbocycles. The van der Waals surface area contributed by atoms with Gasteiger partial charge in [-0.2, -0.15) is 0 Å². The fourth-order valence-corrected chi connectivity index (χ4v) is 2.68. The third-order valence-electron chi connectivity index (χ3n) is 3.83. The Labute approximate surface area is 101 Å². The van der Waals surface area contributed by atoms with Crippen molar-refractivity contribution in [3.63, 3.8) is 0 Å². The molecule has 2 aliphatic heterocycles. The quantitative estimate of drug-likeness (QED) is 0.722. The summed E-state index contributed by atoms with van der Waals surface area (Å²) in [6.07, 6.45) is 7.36. The van der Waals surface area contributed by atoms with Gasteiger partial charge in [-0.25, -0.2) is 0 Å². The lowest BCUT2D eigenvalue weighted by Crippen LogP contribution is -2.36. The van der Waals surface area contributed by atoms with Crippen LogP contribution in [-0.2, 0) is 0 Å². The summed E-state index contributed by atoms with van der Waals surface area (Å²) in [5.74, 6) is 0. The molecule has 2 rings (SSSR count). The molecule has 0 spiro atoms. The Balaban J connectivity index is 0.000000168. The normalized spacial score (nSPS) is 29.8. The zero-order valence-electron chi connectivity index (χ0n) is 11.4. The summed E-state index contributed by atoms with van der Waals surface area (Å²) >= 11 is 0. The van der Waals surface area contributed by atoms with Crippen molar-refractivity contribution < 1.29 is 9.59 Å². The molecule has 96 valence electrons. The molecule has 0 aromatic rings. The molecule has 16 heavy (non-hydrogen) atoms. The average Bonchev–Trinajstić information content (AvgIpc) is 2.40. The zero-order chi connectivity index (χ0) is 12.2. The van der Waals surface area contributed by atoms with E-state index < -0.39 is 0 Å². The summed E-state index contributed by atoms with van der Waals surface area (Å²) in [6, 6.07) is 1.92. The maximum Gasteiger partial charge on any atom is 0.101 e. The van der Waals surface area contributed by atoms with E-state index in [1.54, 1.807) is 0 Å². The molecule has 2 fully saturated rings. The van der Waals surface area contributed by atoms with E-state index in [1.807, 2.05) is 0 Å². The Bertz CT molecular complexity index is 185. The SMILES string of the molecule is CN1[C@@H]2CCC[C@H]1CC2.C[N+](C)(C)CCO. The molecular weight excluding hydrogens is 200 g/mol. The Morgan fingerprint density at radius 2 is 1.56 bits per heavy atom. The fraction of sp³-hybridized carbons (Fsp3) is 1.00. The van der Waals surface area contributed by atoms with Crippen molar-refractivity contribution in [3.8, 4) is 0 Å². The maximum atomic E-state index is 8.39. The molecule has 2 atom stereocenters. The summed E-state index contributed by atoms with van der Waals surface area (Å²) in [4.78, 5) is 2.59. The molecule has 1 N–H and O–H groups in total. The second-order valence-electron chi connectivity index (χ2n) is 6.22. The zero-order valence-corrected chi connectivity index (χ0v) is 11.4. The largest absolute Gasteiger partial charge is 0.391 e. The molecule has 0 aromatic heterocycles. The van der Waals surface area contributed by atoms with Gasteiger partial charge in [0, 0.05) is 12.1 Å². The molecule has 0 unspecified atom stereocenters. The van der Waals surface area contributed by atoms with Crippen LogP contribution in [-0.4, -0.2) is 67.9 Å². The smallest absolute Gasteiger partial charge is 0.101 e. The van der Waals surface area contributed by atoms with Crippen LogP contribution in [0.4, 0.5) is 0 Å². The van der Waals surface area contributed by atoms with Crippen LogP contribution in [0.5, 0.6) is 0 Å². The lowest BCUT2D eigenvalue weighted by Gasteiger charge is -2.30. The van der Waals surface area contributed by atoms with Gasteiger partial charge in [0.2, 0.25) is 0 Å². The molecule has 2 saturated heterocycles. The summed E-state index contributed by atoms with van der Waals surface area (Å²) in [7, 11) is 8.45. The van der Waals surface area contributed by atoms with Gasteiger partial charge in [-0.1, -0.05) is 6.42 Å². The van der Waals surface area contributed by atoms with Crippen molar-refractivity contribution in [3.05, 3.63) is 0 Å². The van der Waals surface area contributed by atoms with Gasteiger partial charge in [0.25, 0.3) is 0 Å². The van der Waals surface area contributed by atoms with Gasteiger partial charge >= 0.3 is 0 Å². The number of quaternary nitrogens is 1. The second-order valence-corrected chi connectivity index (χ2v) is 6.22. The number of aliphatic hydroxyl groups excluding tert-OH is 1. The number of likely N-dealkylation sites (N-methyl/N-ethyl adjacent to an activating group) is 1. The monoisotopic (exact) mass is 229 g/mol. The van der Waals surface area contributed by atoms with E-state index in [1.165, 1.54) is 32.1 Å². The minimum atomic E-state index is 0.281. The lowest BCUT2D eigenvalue weighted by molar-refractivity contribution is -0.870. The number of hydrogen-bond acceptors (Lipinski definition) is 2. The maximum absolute atomic E-state index is 8.39. The van der Waals surface area contributed by atoms with Crippen LogP contribution in [0.1, 0.15) is 32.1 Å². The minimum absolute atomic E-state index is 0.281. The number of nitrogens with zero attached hydrogens (tertiary/aromatic N) is 2. The van der Waals surface area contributed by atoms with Crippen LogP contribution in [0, 0.1) is 0 Å². The van der Waals surface area contributed by atoms with Crippen LogP contribution in [0.25, 0.3) is 0 Å². The van der Waals surface area contributed by atoms with Gasteiger partial charge in [0.15, 0.2) is 0 Å². The van der Waals surface area contributed by atoms with Crippen molar-refractivity contribution in [2.45, 2.75) is 44.2 Å². The van der Waals surface area contributed by atoms with Crippen molar-refractivity contribution in [1.29, 1.82) is 0 Å². The Kier molecular flexibility index (Phi) is 5.22. The highest BCUT2D eigenvalue weighted by molar-refractivity contribution is 4.89. The van der Waals surface area contributed by atoms with Crippen molar-refractivity contribution in [1.82, 2.24) is 4.90 Å². The topological polar surface area (TPSA) is 23.5 Å². The molecule has 0 aromatic carbocycles. The highest BCUT2D eigenvalue weighted by Crippen LogP contribution is 2.33. The van der Waals surface area contributed by atoms with Crippen LogP contribution in [0.15, 0.2) is 0 Å². The van der Waals surface area contributed by atoms with E-state index in [0.717, 1.165) is 23.1 Å². The van der Waals surface area contributed by atoms with Crippen molar-refractivity contribution >= 4 is 0 Å². The number of hydrogen-bond donors (Lipinski definition) is 1. The highest BCUT2D eigenvalue weighted by atomic mass is 16.3. The van der Waals surface area contributed by atoms with Gasteiger partial charge in [-0.05, 0) is 32.7 Å². The Morgan fingerprint density at radius 1 is 1.06 bits per heavy atom. The van der Waals surface area contributed by atoms with Gasteiger partial charge < -0.3 is 14.5 Å². The molecular formula is C13H29N2O+. The average molecular weight is 229 g/mol. The van der Waals surface area contributed by atoms with E-state index in [0.29, 0.717) is 0 Å². The molecule has 3 heteroatoms. The van der Waals surface area contributed by atoms with Crippen molar-refractivity contribution in [2.75, 3.05) is 41.3 Å². The van der Waals surface area contributed by atoms with Crippen molar-refractivity contribution in [2.24, 2.45) is 0 Å². The molecule has 3 nitrogen and oxygen atoms in total. The van der Waals surface area contributed by atoms with Gasteiger partial charge in [0.05, 0.1) is 27.7 Å². The molecule has 2 heterocycles. The van der Waals surface area contributed by atoms with Gasteiger partial charge in [-0.15, -0.1) is 0 Å². The van der Waals surface area contributed by atoms with Crippen LogP contribution in [0.2, 0.25) is 0 Å². The summed E-state index contributed by atoms with van der Waals surface area (Å²) in [6.45, 7) is 1.11. The van der Waals surface area contributed by atoms with Gasteiger partial charge in [0.1, 0.15) is 6.54 Å². The highest BCUT2D eigenvalue weighted by Gasteiger charge is 2.33. The molecule has 0 amide bonds. The molecule has 0 radical (unpaired) electrons. The van der Waals surface area contributed by atoms with Crippen LogP contribution < -0.4 is 0 Å². The summed E-state index contributed by atoms with van der Waals surface area (Å²) in [5, 5.41) is 8.39. The summed E-state index contributed by atoms with van der Waals surface area (Å²) in [5.41, 5.74) is 0. The Morgan fingerprint density at radius 3 is 1.81 bits per heavy atom. The van der Waals surface area contributed by atoms with E-state index in [-0.39, 0.29) is 6.61 Å². The predicted octanol–water partition coefficient (Wildman–Crippen LogP) is 1.32. The van der Waals surface area contributed by atoms with Gasteiger partial charge in [-0.3, -0.25) is 0 Å². The first-order chi connectivity index (χ1) is 7.44. The number of fused-ring (bicyclic) bond motifs is 2. The van der Waals surface area contributed by atoms with E-state index >= 15 is 0 Å². The molecule has 2 aliphatic rings. The first kappa shape index (κ1) is 13.9. The Hall–Kier alpha value is -0.120. The summed E-state index contributed by atoms with van der Waals surface area (Å²) < 4.78 is 0.844. The third-order valence-corrected chi connectivity index (χ3v) is 3.83. The molecule has 2 bridgehead atoms. The van der Waals surface area contributed by atoms with Crippen LogP contribution >= 0.6 is 0 Å². The second kappa shape index (κ2) is 5.99. The van der Waals surface area contributed by atoms with E-state index in [4.69, 9.17) is 5.11 Å². The first-order valence-corrected chi connectivity index (χ1v) is 6.57. The number of rotatable bonds is 2. The minimum Gasteiger partial charge on any atom is -0.391 e. The van der Waals surface area contributed by atoms with Crippen LogP contribution in [0.3, 0.4) is 0 Å². The van der Waals surface area contributed by atoms with E-state index in [2.05, 4.69) is 33.1 Å². The standard InChI is InChI=1S/C8H15N.C5H14NO/c1-9-7-3-2-4-8(9)6-5-7;1-6(2,3)4-5-7/h7-8H,2-6H2,1H3;7H,4-5H2,1-3H3/q;+1/t7-,8+;.